The Hall–Kier alpha value is -2.34. The van der Waals surface area contributed by atoms with Crippen molar-refractivity contribution in [3.8, 4) is 11.4 Å². The lowest BCUT2D eigenvalue weighted by molar-refractivity contribution is 0.343. The summed E-state index contributed by atoms with van der Waals surface area (Å²) in [5.41, 5.74) is 1.02. The summed E-state index contributed by atoms with van der Waals surface area (Å²) in [7, 11) is 0. The zero-order chi connectivity index (χ0) is 15.2. The summed E-state index contributed by atoms with van der Waals surface area (Å²) in [6, 6.07) is 15.9. The number of benzene rings is 2. The van der Waals surface area contributed by atoms with Crippen LogP contribution < -0.4 is 4.74 Å². The fourth-order valence-electron chi connectivity index (χ4n) is 1.91. The third-order valence-corrected chi connectivity index (χ3v) is 3.86. The van der Waals surface area contributed by atoms with Gasteiger partial charge in [-0.05, 0) is 36.4 Å². The summed E-state index contributed by atoms with van der Waals surface area (Å²) in [5, 5.41) is 8.89. The fraction of sp³-hybridized carbons (Fsp3) is 0.125. The molecule has 0 spiro atoms. The summed E-state index contributed by atoms with van der Waals surface area (Å²) >= 11 is 1.56. The zero-order valence-electron chi connectivity index (χ0n) is 11.7. The van der Waals surface area contributed by atoms with Crippen LogP contribution in [-0.4, -0.2) is 27.1 Å². The van der Waals surface area contributed by atoms with E-state index in [1.165, 1.54) is 12.1 Å². The van der Waals surface area contributed by atoms with E-state index >= 15 is 0 Å². The summed E-state index contributed by atoms with van der Waals surface area (Å²) in [6.45, 7) is 0.512. The van der Waals surface area contributed by atoms with E-state index in [1.807, 2.05) is 34.9 Å². The first-order chi connectivity index (χ1) is 10.8. The maximum atomic E-state index is 12.8. The third kappa shape index (κ3) is 3.65. The molecule has 1 aromatic heterocycles. The SMILES string of the molecule is Fc1ccc(OCCSc2nncn2-c2ccccc2)cc1. The van der Waals surface area contributed by atoms with Crippen LogP contribution in [0, 0.1) is 5.82 Å². The highest BCUT2D eigenvalue weighted by molar-refractivity contribution is 7.99. The Morgan fingerprint density at radius 1 is 1.05 bits per heavy atom. The molecule has 0 saturated heterocycles. The van der Waals surface area contributed by atoms with Gasteiger partial charge in [-0.1, -0.05) is 30.0 Å². The van der Waals surface area contributed by atoms with Gasteiger partial charge in [-0.3, -0.25) is 4.57 Å². The molecule has 0 atom stereocenters. The van der Waals surface area contributed by atoms with Crippen molar-refractivity contribution in [2.45, 2.75) is 5.16 Å². The molecule has 112 valence electrons. The normalized spacial score (nSPS) is 10.6. The summed E-state index contributed by atoms with van der Waals surface area (Å²) in [6.07, 6.45) is 1.69. The van der Waals surface area contributed by atoms with Gasteiger partial charge in [-0.25, -0.2) is 4.39 Å². The number of hydrogen-bond acceptors (Lipinski definition) is 4. The lowest BCUT2D eigenvalue weighted by Crippen LogP contribution is -2.02. The van der Waals surface area contributed by atoms with E-state index in [1.54, 1.807) is 30.2 Å². The van der Waals surface area contributed by atoms with Crippen molar-refractivity contribution in [2.24, 2.45) is 0 Å². The highest BCUT2D eigenvalue weighted by atomic mass is 32.2. The topological polar surface area (TPSA) is 39.9 Å². The molecule has 0 saturated carbocycles. The monoisotopic (exact) mass is 315 g/mol. The lowest BCUT2D eigenvalue weighted by atomic mass is 10.3. The number of para-hydroxylation sites is 1. The van der Waals surface area contributed by atoms with Gasteiger partial charge in [0.2, 0.25) is 0 Å². The van der Waals surface area contributed by atoms with Crippen molar-refractivity contribution < 1.29 is 9.13 Å². The number of hydrogen-bond donors (Lipinski definition) is 0. The Morgan fingerprint density at radius 3 is 2.59 bits per heavy atom. The van der Waals surface area contributed by atoms with E-state index in [0.29, 0.717) is 12.4 Å². The van der Waals surface area contributed by atoms with E-state index in [2.05, 4.69) is 10.2 Å². The zero-order valence-corrected chi connectivity index (χ0v) is 12.5. The fourth-order valence-corrected chi connectivity index (χ4v) is 2.66. The molecule has 0 radical (unpaired) electrons. The van der Waals surface area contributed by atoms with Crippen molar-refractivity contribution in [3.05, 3.63) is 66.7 Å². The molecule has 3 aromatic rings. The first kappa shape index (κ1) is 14.6. The number of halogens is 1. The molecule has 0 N–H and O–H groups in total. The molecule has 6 heteroatoms. The molecule has 0 aliphatic carbocycles. The number of thioether (sulfide) groups is 1. The lowest BCUT2D eigenvalue weighted by Gasteiger charge is -2.07. The minimum Gasteiger partial charge on any atom is -0.493 e. The Bertz CT molecular complexity index is 716. The maximum absolute atomic E-state index is 12.8. The van der Waals surface area contributed by atoms with E-state index < -0.39 is 0 Å². The van der Waals surface area contributed by atoms with Gasteiger partial charge in [0, 0.05) is 11.4 Å². The number of aromatic nitrogens is 3. The second kappa shape index (κ2) is 7.09. The number of nitrogens with zero attached hydrogens (tertiary/aromatic N) is 3. The number of rotatable bonds is 6. The molecule has 0 aliphatic heterocycles. The highest BCUT2D eigenvalue weighted by Gasteiger charge is 2.06. The van der Waals surface area contributed by atoms with E-state index in [-0.39, 0.29) is 5.82 Å². The van der Waals surface area contributed by atoms with Gasteiger partial charge >= 0.3 is 0 Å². The molecule has 1 heterocycles. The minimum absolute atomic E-state index is 0.266. The quantitative estimate of drug-likeness (QED) is 0.515. The van der Waals surface area contributed by atoms with Crippen LogP contribution in [0.3, 0.4) is 0 Å². The maximum Gasteiger partial charge on any atom is 0.195 e. The van der Waals surface area contributed by atoms with Crippen LogP contribution in [0.4, 0.5) is 4.39 Å². The van der Waals surface area contributed by atoms with Crippen LogP contribution in [-0.2, 0) is 0 Å². The van der Waals surface area contributed by atoms with Crippen molar-refractivity contribution in [1.29, 1.82) is 0 Å². The van der Waals surface area contributed by atoms with Gasteiger partial charge in [-0.15, -0.1) is 10.2 Å². The largest absolute Gasteiger partial charge is 0.493 e. The molecule has 4 nitrogen and oxygen atoms in total. The third-order valence-electron chi connectivity index (χ3n) is 2.95. The minimum atomic E-state index is -0.266. The van der Waals surface area contributed by atoms with Crippen molar-refractivity contribution in [3.63, 3.8) is 0 Å². The van der Waals surface area contributed by atoms with E-state index in [9.17, 15) is 4.39 Å². The number of ether oxygens (including phenoxy) is 1. The molecular weight excluding hydrogens is 301 g/mol. The molecule has 0 amide bonds. The van der Waals surface area contributed by atoms with Gasteiger partial charge in [0.05, 0.1) is 6.61 Å². The highest BCUT2D eigenvalue weighted by Crippen LogP contribution is 2.19. The Balaban J connectivity index is 1.54. The standard InChI is InChI=1S/C16H14FN3OS/c17-13-6-8-15(9-7-13)21-10-11-22-16-19-18-12-20(16)14-4-2-1-3-5-14/h1-9,12H,10-11H2. The van der Waals surface area contributed by atoms with E-state index in [0.717, 1.165) is 16.6 Å². The smallest absolute Gasteiger partial charge is 0.195 e. The molecule has 0 aliphatic rings. The summed E-state index contributed by atoms with van der Waals surface area (Å²) in [5.74, 6) is 1.12. The van der Waals surface area contributed by atoms with Gasteiger partial charge in [0.25, 0.3) is 0 Å². The second-order valence-corrected chi connectivity index (χ2v) is 5.53. The Labute approximate surface area is 132 Å². The molecular formula is C16H14FN3OS. The second-order valence-electron chi connectivity index (χ2n) is 4.47. The molecule has 0 fully saturated rings. The van der Waals surface area contributed by atoms with Crippen LogP contribution in [0.2, 0.25) is 0 Å². The average Bonchev–Trinajstić information content (AvgIpc) is 3.02. The van der Waals surface area contributed by atoms with Crippen molar-refractivity contribution in [2.75, 3.05) is 12.4 Å². The van der Waals surface area contributed by atoms with Gasteiger partial charge in [0.1, 0.15) is 17.9 Å². The molecule has 3 rings (SSSR count). The van der Waals surface area contributed by atoms with Crippen molar-refractivity contribution >= 4 is 11.8 Å². The van der Waals surface area contributed by atoms with Crippen LogP contribution in [0.15, 0.2) is 66.1 Å². The average molecular weight is 315 g/mol. The van der Waals surface area contributed by atoms with Crippen LogP contribution in [0.25, 0.3) is 5.69 Å². The molecule has 0 unspecified atom stereocenters. The first-order valence-electron chi connectivity index (χ1n) is 6.79. The van der Waals surface area contributed by atoms with Crippen molar-refractivity contribution in [1.82, 2.24) is 14.8 Å². The predicted octanol–water partition coefficient (Wildman–Crippen LogP) is 3.58. The Morgan fingerprint density at radius 2 is 1.82 bits per heavy atom. The predicted molar refractivity (Wildman–Crippen MR) is 84.0 cm³/mol. The van der Waals surface area contributed by atoms with Crippen LogP contribution in [0.1, 0.15) is 0 Å². The van der Waals surface area contributed by atoms with E-state index in [4.69, 9.17) is 4.74 Å². The van der Waals surface area contributed by atoms with Crippen LogP contribution in [0.5, 0.6) is 5.75 Å². The van der Waals surface area contributed by atoms with Gasteiger partial charge in [-0.2, -0.15) is 0 Å². The van der Waals surface area contributed by atoms with Gasteiger partial charge < -0.3 is 4.74 Å². The Kier molecular flexibility index (Phi) is 4.70. The summed E-state index contributed by atoms with van der Waals surface area (Å²) in [4.78, 5) is 0. The molecule has 2 aromatic carbocycles. The first-order valence-corrected chi connectivity index (χ1v) is 7.78. The summed E-state index contributed by atoms with van der Waals surface area (Å²) < 4.78 is 20.3. The van der Waals surface area contributed by atoms with Gasteiger partial charge in [0.15, 0.2) is 5.16 Å². The molecule has 0 bridgehead atoms. The van der Waals surface area contributed by atoms with Crippen LogP contribution >= 0.6 is 11.8 Å². The molecule has 22 heavy (non-hydrogen) atoms.